The Labute approximate surface area is 136 Å². The van der Waals surface area contributed by atoms with Gasteiger partial charge in [-0.3, -0.25) is 4.90 Å². The van der Waals surface area contributed by atoms with E-state index in [1.165, 1.54) is 0 Å². The van der Waals surface area contributed by atoms with E-state index < -0.39 is 21.4 Å². The van der Waals surface area contributed by atoms with Gasteiger partial charge in [-0.1, -0.05) is 42.5 Å². The molecule has 0 saturated carbocycles. The molecule has 1 fully saturated rings. The highest BCUT2D eigenvalue weighted by Gasteiger charge is 2.29. The number of nitrogens with two attached hydrogens (primary N) is 1. The van der Waals surface area contributed by atoms with Crippen LogP contribution in [0.1, 0.15) is 24.5 Å². The third kappa shape index (κ3) is 3.72. The van der Waals surface area contributed by atoms with E-state index >= 15 is 0 Å². The topological polar surface area (TPSA) is 83.6 Å². The molecule has 6 heteroatoms. The first-order valence-electron chi connectivity index (χ1n) is 7.85. The van der Waals surface area contributed by atoms with Crippen molar-refractivity contribution in [2.45, 2.75) is 24.2 Å². The molecule has 2 aromatic rings. The zero-order chi connectivity index (χ0) is 16.4. The minimum atomic E-state index is -3.52. The van der Waals surface area contributed by atoms with E-state index in [4.69, 9.17) is 5.14 Å². The van der Waals surface area contributed by atoms with Gasteiger partial charge in [-0.2, -0.15) is 0 Å². The Balaban J connectivity index is 1.77. The molecular weight excluding hydrogens is 312 g/mol. The van der Waals surface area contributed by atoms with Crippen LogP contribution in [0, 0.1) is 0 Å². The fraction of sp³-hybridized carbons (Fsp3) is 0.412. The molecule has 0 spiro atoms. The van der Waals surface area contributed by atoms with Crippen LogP contribution >= 0.6 is 0 Å². The summed E-state index contributed by atoms with van der Waals surface area (Å²) >= 11 is 0. The second-order valence-electron chi connectivity index (χ2n) is 6.20. The summed E-state index contributed by atoms with van der Waals surface area (Å²) in [6, 6.07) is 13.8. The molecule has 0 bridgehead atoms. The van der Waals surface area contributed by atoms with Gasteiger partial charge in [-0.05, 0) is 35.7 Å². The fourth-order valence-electron chi connectivity index (χ4n) is 3.33. The zero-order valence-electron chi connectivity index (χ0n) is 12.9. The lowest BCUT2D eigenvalue weighted by Crippen LogP contribution is -2.45. The Morgan fingerprint density at radius 3 is 2.74 bits per heavy atom. The number of hydrogen-bond donors (Lipinski definition) is 2. The monoisotopic (exact) mass is 334 g/mol. The fourth-order valence-corrected chi connectivity index (χ4v) is 4.24. The van der Waals surface area contributed by atoms with E-state index in [1.807, 2.05) is 47.4 Å². The number of likely N-dealkylation sites (tertiary alicyclic amines) is 1. The number of aliphatic hydroxyl groups is 1. The number of nitrogens with zero attached hydrogens (tertiary/aromatic N) is 1. The number of primary sulfonamides is 1. The SMILES string of the molecule is NS(=O)(=O)C1CCCN(C[C@H](O)c2cccc3ccccc23)C1. The number of β-amino-alcohol motifs (C(OH)–C–C–N with tert-alkyl or cyclic N) is 1. The minimum absolute atomic E-state index is 0.390. The molecule has 0 aliphatic carbocycles. The second kappa shape index (κ2) is 6.57. The summed E-state index contributed by atoms with van der Waals surface area (Å²) in [5, 5.41) is 17.5. The van der Waals surface area contributed by atoms with E-state index in [1.54, 1.807) is 0 Å². The largest absolute Gasteiger partial charge is 0.387 e. The standard InChI is InChI=1S/C17H22N2O3S/c18-23(21,22)14-7-4-10-19(11-14)12-17(20)16-9-3-6-13-5-1-2-8-15(13)16/h1-3,5-6,8-9,14,17,20H,4,7,10-12H2,(H2,18,21,22)/t14?,17-/m0/s1. The lowest BCUT2D eigenvalue weighted by molar-refractivity contribution is 0.103. The highest BCUT2D eigenvalue weighted by atomic mass is 32.2. The van der Waals surface area contributed by atoms with Crippen molar-refractivity contribution in [3.8, 4) is 0 Å². The molecule has 3 rings (SSSR count). The van der Waals surface area contributed by atoms with Crippen LogP contribution in [0.2, 0.25) is 0 Å². The number of hydrogen-bond acceptors (Lipinski definition) is 4. The first kappa shape index (κ1) is 16.4. The van der Waals surface area contributed by atoms with Crippen LogP contribution in [0.25, 0.3) is 10.8 Å². The van der Waals surface area contributed by atoms with E-state index in [0.717, 1.165) is 29.3 Å². The lowest BCUT2D eigenvalue weighted by atomic mass is 9.99. The van der Waals surface area contributed by atoms with Crippen LogP contribution in [-0.2, 0) is 10.0 Å². The van der Waals surface area contributed by atoms with Crippen LogP contribution in [0.4, 0.5) is 0 Å². The Morgan fingerprint density at radius 2 is 1.96 bits per heavy atom. The van der Waals surface area contributed by atoms with Crippen LogP contribution in [0.5, 0.6) is 0 Å². The molecule has 23 heavy (non-hydrogen) atoms. The van der Waals surface area contributed by atoms with Gasteiger partial charge >= 0.3 is 0 Å². The highest BCUT2D eigenvalue weighted by Crippen LogP contribution is 2.26. The molecule has 1 aliphatic rings. The Hall–Kier alpha value is -1.47. The number of aliphatic hydroxyl groups excluding tert-OH is 1. The molecule has 1 saturated heterocycles. The maximum absolute atomic E-state index is 11.6. The summed E-state index contributed by atoms with van der Waals surface area (Å²) in [6.07, 6.45) is 0.726. The minimum Gasteiger partial charge on any atom is -0.387 e. The average molecular weight is 334 g/mol. The predicted octanol–water partition coefficient (Wildman–Crippen LogP) is 1.63. The molecule has 0 amide bonds. The van der Waals surface area contributed by atoms with Crippen molar-refractivity contribution in [1.29, 1.82) is 0 Å². The summed E-state index contributed by atoms with van der Waals surface area (Å²) in [7, 11) is -3.52. The van der Waals surface area contributed by atoms with Crippen molar-refractivity contribution in [1.82, 2.24) is 4.90 Å². The maximum atomic E-state index is 11.6. The van der Waals surface area contributed by atoms with Crippen molar-refractivity contribution >= 4 is 20.8 Å². The van der Waals surface area contributed by atoms with Crippen LogP contribution in [0.15, 0.2) is 42.5 Å². The molecule has 1 heterocycles. The Morgan fingerprint density at radius 1 is 1.22 bits per heavy atom. The number of piperidine rings is 1. The summed E-state index contributed by atoms with van der Waals surface area (Å²) in [5.41, 5.74) is 0.876. The van der Waals surface area contributed by atoms with Crippen LogP contribution < -0.4 is 5.14 Å². The number of sulfonamides is 1. The maximum Gasteiger partial charge on any atom is 0.213 e. The van der Waals surface area contributed by atoms with Gasteiger partial charge in [-0.25, -0.2) is 13.6 Å². The third-order valence-corrected chi connectivity index (χ3v) is 5.85. The molecule has 1 unspecified atom stereocenters. The lowest BCUT2D eigenvalue weighted by Gasteiger charge is -2.33. The molecule has 1 aliphatic heterocycles. The third-order valence-electron chi connectivity index (χ3n) is 4.54. The van der Waals surface area contributed by atoms with Crippen LogP contribution in [-0.4, -0.2) is 43.3 Å². The number of fused-ring (bicyclic) bond motifs is 1. The number of benzene rings is 2. The molecule has 2 atom stereocenters. The average Bonchev–Trinajstić information content (AvgIpc) is 2.53. The molecule has 5 nitrogen and oxygen atoms in total. The number of rotatable bonds is 4. The van der Waals surface area contributed by atoms with Crippen molar-refractivity contribution in [3.63, 3.8) is 0 Å². The van der Waals surface area contributed by atoms with Gasteiger partial charge in [0.15, 0.2) is 0 Å². The van der Waals surface area contributed by atoms with Crippen molar-refractivity contribution in [3.05, 3.63) is 48.0 Å². The van der Waals surface area contributed by atoms with Gasteiger partial charge in [0, 0.05) is 13.1 Å². The van der Waals surface area contributed by atoms with E-state index in [-0.39, 0.29) is 0 Å². The van der Waals surface area contributed by atoms with Gasteiger partial charge in [-0.15, -0.1) is 0 Å². The van der Waals surface area contributed by atoms with Gasteiger partial charge < -0.3 is 5.11 Å². The molecule has 124 valence electrons. The Bertz CT molecular complexity index is 786. The predicted molar refractivity (Wildman–Crippen MR) is 91.5 cm³/mol. The summed E-state index contributed by atoms with van der Waals surface area (Å²) in [5.74, 6) is 0. The Kier molecular flexibility index (Phi) is 4.68. The first-order valence-corrected chi connectivity index (χ1v) is 9.46. The van der Waals surface area contributed by atoms with Crippen molar-refractivity contribution in [2.75, 3.05) is 19.6 Å². The summed E-state index contributed by atoms with van der Waals surface area (Å²) in [6.45, 7) is 1.59. The summed E-state index contributed by atoms with van der Waals surface area (Å²) in [4.78, 5) is 1.99. The van der Waals surface area contributed by atoms with Crippen LogP contribution in [0.3, 0.4) is 0 Å². The smallest absolute Gasteiger partial charge is 0.213 e. The van der Waals surface area contributed by atoms with Crippen molar-refractivity contribution in [2.24, 2.45) is 5.14 Å². The van der Waals surface area contributed by atoms with Gasteiger partial charge in [0.05, 0.1) is 11.4 Å². The first-order chi connectivity index (χ1) is 10.9. The highest BCUT2D eigenvalue weighted by molar-refractivity contribution is 7.89. The van der Waals surface area contributed by atoms with E-state index in [9.17, 15) is 13.5 Å². The zero-order valence-corrected chi connectivity index (χ0v) is 13.7. The van der Waals surface area contributed by atoms with E-state index in [0.29, 0.717) is 19.5 Å². The van der Waals surface area contributed by atoms with E-state index in [2.05, 4.69) is 0 Å². The van der Waals surface area contributed by atoms with Gasteiger partial charge in [0.2, 0.25) is 10.0 Å². The van der Waals surface area contributed by atoms with Crippen molar-refractivity contribution < 1.29 is 13.5 Å². The van der Waals surface area contributed by atoms with Gasteiger partial charge in [0.25, 0.3) is 0 Å². The van der Waals surface area contributed by atoms with Gasteiger partial charge in [0.1, 0.15) is 0 Å². The molecule has 0 aromatic heterocycles. The molecular formula is C17H22N2O3S. The quantitative estimate of drug-likeness (QED) is 0.890. The molecule has 3 N–H and O–H groups in total. The molecule has 2 aromatic carbocycles. The molecule has 0 radical (unpaired) electrons. The second-order valence-corrected chi connectivity index (χ2v) is 8.04. The summed E-state index contributed by atoms with van der Waals surface area (Å²) < 4.78 is 23.1. The normalized spacial score (nSPS) is 21.4.